The third-order valence-electron chi connectivity index (χ3n) is 2.58. The minimum Gasteiger partial charge on any atom is -0.490 e. The Labute approximate surface area is 78.3 Å². The topological polar surface area (TPSA) is 26.3 Å². The summed E-state index contributed by atoms with van der Waals surface area (Å²) in [6.07, 6.45) is -0.0117. The third-order valence-corrected chi connectivity index (χ3v) is 2.58. The summed E-state index contributed by atoms with van der Waals surface area (Å²) in [5, 5.41) is 0. The number of carbonyl (C=O) groups is 1. The van der Waals surface area contributed by atoms with Gasteiger partial charge in [0.25, 0.3) is 0 Å². The van der Waals surface area contributed by atoms with Gasteiger partial charge in [-0.2, -0.15) is 0 Å². The highest BCUT2D eigenvalue weighted by atomic mass is 16.5. The van der Waals surface area contributed by atoms with Gasteiger partial charge < -0.3 is 4.74 Å². The van der Waals surface area contributed by atoms with Gasteiger partial charge in [-0.05, 0) is 19.1 Å². The Bertz CT molecular complexity index is 349. The van der Waals surface area contributed by atoms with Crippen LogP contribution in [0.5, 0.6) is 5.75 Å². The van der Waals surface area contributed by atoms with Crippen LogP contribution in [0, 0.1) is 0 Å². The zero-order valence-corrected chi connectivity index (χ0v) is 7.78. The molecule has 0 fully saturated rings. The highest BCUT2D eigenvalue weighted by Crippen LogP contribution is 2.31. The first-order valence-corrected chi connectivity index (χ1v) is 4.50. The van der Waals surface area contributed by atoms with Crippen molar-refractivity contribution in [1.29, 1.82) is 0 Å². The number of hydrogen-bond donors (Lipinski definition) is 0. The van der Waals surface area contributed by atoms with Crippen molar-refractivity contribution in [1.82, 2.24) is 0 Å². The van der Waals surface area contributed by atoms with E-state index in [1.54, 1.807) is 0 Å². The number of para-hydroxylation sites is 1. The van der Waals surface area contributed by atoms with Crippen molar-refractivity contribution >= 4 is 13.6 Å². The number of fused-ring (bicyclic) bond motifs is 1. The molecule has 1 aromatic carbocycles. The first kappa shape index (κ1) is 8.36. The third kappa shape index (κ3) is 1.24. The van der Waals surface area contributed by atoms with Crippen LogP contribution in [0.1, 0.15) is 17.3 Å². The second-order valence-corrected chi connectivity index (χ2v) is 3.47. The maximum atomic E-state index is 11.7. The Kier molecular flexibility index (Phi) is 1.87. The zero-order chi connectivity index (χ0) is 9.42. The number of ketones is 1. The largest absolute Gasteiger partial charge is 0.490 e. The quantitative estimate of drug-likeness (QED) is 0.550. The van der Waals surface area contributed by atoms with Crippen molar-refractivity contribution in [3.05, 3.63) is 29.8 Å². The summed E-state index contributed by atoms with van der Waals surface area (Å²) in [6, 6.07) is 7.41. The van der Waals surface area contributed by atoms with Crippen LogP contribution in [0.3, 0.4) is 0 Å². The van der Waals surface area contributed by atoms with E-state index in [1.165, 1.54) is 0 Å². The van der Waals surface area contributed by atoms with Gasteiger partial charge in [0.15, 0.2) is 5.78 Å². The van der Waals surface area contributed by atoms with E-state index in [2.05, 4.69) is 0 Å². The van der Waals surface area contributed by atoms with Crippen molar-refractivity contribution in [2.75, 3.05) is 0 Å². The lowest BCUT2D eigenvalue weighted by molar-refractivity contribution is 0.0873. The SMILES string of the molecule is BC1C(=O)c2ccccc2OC1C. The van der Waals surface area contributed by atoms with Gasteiger partial charge in [-0.15, -0.1) is 0 Å². The normalized spacial score (nSPS) is 26.4. The lowest BCUT2D eigenvalue weighted by Crippen LogP contribution is -2.31. The second kappa shape index (κ2) is 2.91. The number of benzene rings is 1. The molecule has 2 unspecified atom stereocenters. The molecule has 3 heteroatoms. The number of hydrogen-bond acceptors (Lipinski definition) is 2. The van der Waals surface area contributed by atoms with Crippen LogP contribution in [0.4, 0.5) is 0 Å². The van der Waals surface area contributed by atoms with Crippen molar-refractivity contribution in [2.24, 2.45) is 0 Å². The molecule has 0 bridgehead atoms. The number of carbonyl (C=O) groups excluding carboxylic acids is 1. The van der Waals surface area contributed by atoms with Crippen LogP contribution >= 0.6 is 0 Å². The Balaban J connectivity index is 2.49. The fraction of sp³-hybridized carbons (Fsp3) is 0.300. The molecule has 13 heavy (non-hydrogen) atoms. The molecule has 0 amide bonds. The van der Waals surface area contributed by atoms with Gasteiger partial charge in [0.2, 0.25) is 0 Å². The molecule has 1 aliphatic rings. The maximum Gasteiger partial charge on any atom is 0.165 e. The van der Waals surface area contributed by atoms with E-state index in [0.29, 0.717) is 5.56 Å². The van der Waals surface area contributed by atoms with Gasteiger partial charge >= 0.3 is 0 Å². The van der Waals surface area contributed by atoms with E-state index in [4.69, 9.17) is 4.74 Å². The van der Waals surface area contributed by atoms with Crippen molar-refractivity contribution in [3.63, 3.8) is 0 Å². The lowest BCUT2D eigenvalue weighted by atomic mass is 9.75. The molecule has 0 spiro atoms. The van der Waals surface area contributed by atoms with Gasteiger partial charge in [0, 0.05) is 5.82 Å². The summed E-state index contributed by atoms with van der Waals surface area (Å²) in [7, 11) is 1.91. The minimum absolute atomic E-state index is 0.0117. The van der Waals surface area contributed by atoms with E-state index >= 15 is 0 Å². The summed E-state index contributed by atoms with van der Waals surface area (Å²) in [4.78, 5) is 11.7. The molecule has 2 nitrogen and oxygen atoms in total. The van der Waals surface area contributed by atoms with Gasteiger partial charge in [-0.1, -0.05) is 12.1 Å². The summed E-state index contributed by atoms with van der Waals surface area (Å²) >= 11 is 0. The smallest absolute Gasteiger partial charge is 0.165 e. The standard InChI is InChI=1S/C10H11BO2/c1-6-9(11)10(12)7-4-2-3-5-8(7)13-6/h2-6,9H,11H2,1H3. The Morgan fingerprint density at radius 2 is 2.08 bits per heavy atom. The van der Waals surface area contributed by atoms with Crippen molar-refractivity contribution < 1.29 is 9.53 Å². The monoisotopic (exact) mass is 174 g/mol. The summed E-state index contributed by atoms with van der Waals surface area (Å²) in [5.41, 5.74) is 0.716. The molecule has 0 N–H and O–H groups in total. The molecule has 2 atom stereocenters. The number of rotatable bonds is 0. The molecule has 1 aliphatic heterocycles. The van der Waals surface area contributed by atoms with Crippen LogP contribution in [0.2, 0.25) is 5.82 Å². The summed E-state index contributed by atoms with van der Waals surface area (Å²) in [6.45, 7) is 1.93. The van der Waals surface area contributed by atoms with Gasteiger partial charge in [-0.3, -0.25) is 4.79 Å². The van der Waals surface area contributed by atoms with E-state index < -0.39 is 0 Å². The van der Waals surface area contributed by atoms with Crippen molar-refractivity contribution in [3.8, 4) is 5.75 Å². The van der Waals surface area contributed by atoms with Crippen LogP contribution in [0.15, 0.2) is 24.3 Å². The van der Waals surface area contributed by atoms with Gasteiger partial charge in [0.05, 0.1) is 11.7 Å². The van der Waals surface area contributed by atoms with Crippen LogP contribution in [-0.2, 0) is 0 Å². The number of ether oxygens (including phenoxy) is 1. The van der Waals surface area contributed by atoms with Gasteiger partial charge in [-0.25, -0.2) is 0 Å². The van der Waals surface area contributed by atoms with E-state index in [-0.39, 0.29) is 17.7 Å². The Morgan fingerprint density at radius 3 is 2.85 bits per heavy atom. The second-order valence-electron chi connectivity index (χ2n) is 3.47. The minimum atomic E-state index is -0.0325. The Hall–Kier alpha value is -1.25. The molecule has 2 rings (SSSR count). The molecule has 0 aromatic heterocycles. The molecular formula is C10H11BO2. The predicted octanol–water partition coefficient (Wildman–Crippen LogP) is 1.07. The van der Waals surface area contributed by atoms with Crippen LogP contribution in [-0.4, -0.2) is 19.7 Å². The van der Waals surface area contributed by atoms with E-state index in [0.717, 1.165) is 5.75 Å². The molecule has 1 heterocycles. The van der Waals surface area contributed by atoms with Crippen LogP contribution < -0.4 is 4.74 Å². The zero-order valence-electron chi connectivity index (χ0n) is 7.78. The fourth-order valence-electron chi connectivity index (χ4n) is 1.53. The molecule has 0 saturated heterocycles. The predicted molar refractivity (Wildman–Crippen MR) is 53.2 cm³/mol. The van der Waals surface area contributed by atoms with Gasteiger partial charge in [0.1, 0.15) is 13.6 Å². The van der Waals surface area contributed by atoms with E-state index in [1.807, 2.05) is 39.0 Å². The first-order chi connectivity index (χ1) is 6.20. The maximum absolute atomic E-state index is 11.7. The van der Waals surface area contributed by atoms with Crippen molar-refractivity contribution in [2.45, 2.75) is 18.8 Å². The molecule has 0 saturated carbocycles. The molecule has 0 radical (unpaired) electrons. The lowest BCUT2D eigenvalue weighted by Gasteiger charge is -2.27. The molecule has 0 aliphatic carbocycles. The molecule has 66 valence electrons. The van der Waals surface area contributed by atoms with E-state index in [9.17, 15) is 4.79 Å². The average Bonchev–Trinajstić information content (AvgIpc) is 2.15. The highest BCUT2D eigenvalue weighted by molar-refractivity contribution is 6.29. The summed E-state index contributed by atoms with van der Waals surface area (Å²) in [5.74, 6) is 0.877. The highest BCUT2D eigenvalue weighted by Gasteiger charge is 2.30. The Morgan fingerprint density at radius 1 is 1.38 bits per heavy atom. The average molecular weight is 174 g/mol. The molecule has 1 aromatic rings. The fourth-order valence-corrected chi connectivity index (χ4v) is 1.53. The van der Waals surface area contributed by atoms with Crippen LogP contribution in [0.25, 0.3) is 0 Å². The molecular weight excluding hydrogens is 163 g/mol. The number of Topliss-reactive ketones (excluding diaryl/α,β-unsaturated/α-hetero) is 1. The summed E-state index contributed by atoms with van der Waals surface area (Å²) < 4.78 is 5.59. The first-order valence-electron chi connectivity index (χ1n) is 4.50.